The molecule has 0 spiro atoms. The fourth-order valence-electron chi connectivity index (χ4n) is 2.38. The van der Waals surface area contributed by atoms with E-state index in [0.717, 1.165) is 0 Å². The van der Waals surface area contributed by atoms with Crippen molar-refractivity contribution in [2.45, 2.75) is 28.5 Å². The Morgan fingerprint density at radius 3 is 2.95 bits per heavy atom. The maximum Gasteiger partial charge on any atom is 0.339 e. The van der Waals surface area contributed by atoms with Gasteiger partial charge in [-0.3, -0.25) is 4.21 Å². The summed E-state index contributed by atoms with van der Waals surface area (Å²) in [5.74, 6) is -0.634. The Balaban J connectivity index is 2.24. The van der Waals surface area contributed by atoms with Crippen molar-refractivity contribution in [3.05, 3.63) is 12.7 Å². The SMILES string of the molecule is C=CCSSC1C(C)C2(O)C(=O)OCC(O)C2S1=O. The second kappa shape index (κ2) is 5.77. The largest absolute Gasteiger partial charge is 0.461 e. The number of fused-ring (bicyclic) bond motifs is 1. The van der Waals surface area contributed by atoms with E-state index in [1.54, 1.807) is 13.0 Å². The summed E-state index contributed by atoms with van der Waals surface area (Å²) in [4.78, 5) is 11.8. The van der Waals surface area contributed by atoms with Crippen molar-refractivity contribution in [1.29, 1.82) is 0 Å². The molecule has 2 fully saturated rings. The van der Waals surface area contributed by atoms with Crippen LogP contribution in [0.5, 0.6) is 0 Å². The van der Waals surface area contributed by atoms with Gasteiger partial charge in [0.1, 0.15) is 18.0 Å². The highest BCUT2D eigenvalue weighted by Crippen LogP contribution is 2.49. The molecule has 0 saturated carbocycles. The van der Waals surface area contributed by atoms with E-state index in [4.69, 9.17) is 4.74 Å². The molecule has 0 aromatic heterocycles. The zero-order valence-electron chi connectivity index (χ0n) is 10.4. The lowest BCUT2D eigenvalue weighted by molar-refractivity contribution is -0.187. The molecule has 0 aliphatic carbocycles. The summed E-state index contributed by atoms with van der Waals surface area (Å²) in [6.07, 6.45) is 0.645. The molecule has 0 amide bonds. The standard InChI is InChI=1S/C11H16O5S3/c1-3-4-17-18-9-6(2)11(14)8(19(9)15)7(12)5-16-10(11)13/h3,6-9,12,14H,1,4-5H2,2H3. The molecule has 19 heavy (non-hydrogen) atoms. The Labute approximate surface area is 122 Å². The summed E-state index contributed by atoms with van der Waals surface area (Å²) in [5, 5.41) is 19.5. The van der Waals surface area contributed by atoms with Gasteiger partial charge < -0.3 is 14.9 Å². The third-order valence-corrected chi connectivity index (χ3v) is 9.23. The number of carbonyl (C=O) groups is 1. The molecule has 0 aromatic carbocycles. The molecule has 2 rings (SSSR count). The van der Waals surface area contributed by atoms with E-state index >= 15 is 0 Å². The maximum absolute atomic E-state index is 12.4. The number of hydrogen-bond acceptors (Lipinski definition) is 7. The first-order valence-corrected chi connectivity index (χ1v) is 9.46. The first-order valence-electron chi connectivity index (χ1n) is 5.80. The number of hydrogen-bond donors (Lipinski definition) is 2. The Morgan fingerprint density at radius 2 is 2.37 bits per heavy atom. The molecule has 6 unspecified atom stereocenters. The van der Waals surface area contributed by atoms with Gasteiger partial charge in [-0.15, -0.1) is 6.58 Å². The van der Waals surface area contributed by atoms with E-state index in [0.29, 0.717) is 5.75 Å². The van der Waals surface area contributed by atoms with Crippen LogP contribution in [0.2, 0.25) is 0 Å². The predicted molar refractivity (Wildman–Crippen MR) is 77.0 cm³/mol. The van der Waals surface area contributed by atoms with Gasteiger partial charge in [-0.05, 0) is 0 Å². The Morgan fingerprint density at radius 1 is 1.68 bits per heavy atom. The number of aliphatic hydroxyl groups is 2. The van der Waals surface area contributed by atoms with Crippen molar-refractivity contribution >= 4 is 38.4 Å². The summed E-state index contributed by atoms with van der Waals surface area (Å²) in [7, 11) is 1.33. The highest BCUT2D eigenvalue weighted by Gasteiger charge is 2.66. The zero-order chi connectivity index (χ0) is 14.2. The van der Waals surface area contributed by atoms with Crippen LogP contribution in [0.25, 0.3) is 0 Å². The van der Waals surface area contributed by atoms with Gasteiger partial charge in [-0.2, -0.15) is 0 Å². The fraction of sp³-hybridized carbons (Fsp3) is 0.727. The van der Waals surface area contributed by atoms with Gasteiger partial charge >= 0.3 is 5.97 Å². The average Bonchev–Trinajstić information content (AvgIpc) is 2.57. The number of ether oxygens (including phenoxy) is 1. The molecule has 6 atom stereocenters. The molecule has 108 valence electrons. The van der Waals surface area contributed by atoms with Crippen molar-refractivity contribution in [3.8, 4) is 0 Å². The van der Waals surface area contributed by atoms with E-state index in [2.05, 4.69) is 6.58 Å². The topological polar surface area (TPSA) is 83.8 Å². The zero-order valence-corrected chi connectivity index (χ0v) is 12.8. The average molecular weight is 324 g/mol. The van der Waals surface area contributed by atoms with Crippen LogP contribution < -0.4 is 0 Å². The second-order valence-corrected chi connectivity index (χ2v) is 9.09. The van der Waals surface area contributed by atoms with E-state index in [9.17, 15) is 19.2 Å². The molecule has 5 nitrogen and oxygen atoms in total. The lowest BCUT2D eigenvalue weighted by Gasteiger charge is -2.36. The number of aliphatic hydroxyl groups excluding tert-OH is 1. The van der Waals surface area contributed by atoms with E-state index in [-0.39, 0.29) is 6.61 Å². The van der Waals surface area contributed by atoms with Gasteiger partial charge in [-0.1, -0.05) is 34.6 Å². The van der Waals surface area contributed by atoms with Crippen LogP contribution in [-0.4, -0.2) is 54.3 Å². The summed E-state index contributed by atoms with van der Waals surface area (Å²) >= 11 is 0. The Hall–Kier alpha value is -0.0200. The van der Waals surface area contributed by atoms with E-state index in [1.807, 2.05) is 0 Å². The van der Waals surface area contributed by atoms with Crippen LogP contribution in [0, 0.1) is 5.92 Å². The molecule has 2 aliphatic heterocycles. The number of esters is 1. The normalized spacial score (nSPS) is 45.6. The van der Waals surface area contributed by atoms with Crippen LogP contribution in [0.1, 0.15) is 6.92 Å². The van der Waals surface area contributed by atoms with Crippen molar-refractivity contribution in [3.63, 3.8) is 0 Å². The number of rotatable bonds is 4. The molecule has 0 aromatic rings. The smallest absolute Gasteiger partial charge is 0.339 e. The minimum Gasteiger partial charge on any atom is -0.461 e. The fourth-order valence-corrected chi connectivity index (χ4v) is 8.31. The van der Waals surface area contributed by atoms with Gasteiger partial charge in [0.2, 0.25) is 0 Å². The molecule has 2 heterocycles. The predicted octanol–water partition coefficient (Wildman–Crippen LogP) is 0.296. The third kappa shape index (κ3) is 2.37. The molecule has 8 heteroatoms. The molecule has 0 bridgehead atoms. The van der Waals surface area contributed by atoms with Crippen LogP contribution in [0.4, 0.5) is 0 Å². The summed E-state index contributed by atoms with van der Waals surface area (Å²) in [5.41, 5.74) is -1.85. The van der Waals surface area contributed by atoms with E-state index in [1.165, 1.54) is 21.6 Å². The molecule has 2 aliphatic rings. The van der Waals surface area contributed by atoms with Crippen molar-refractivity contribution in [2.24, 2.45) is 5.92 Å². The van der Waals surface area contributed by atoms with Gasteiger partial charge in [-0.25, -0.2) is 4.79 Å². The van der Waals surface area contributed by atoms with Gasteiger partial charge in [0, 0.05) is 22.5 Å². The monoisotopic (exact) mass is 324 g/mol. The van der Waals surface area contributed by atoms with Crippen LogP contribution in [0.15, 0.2) is 12.7 Å². The van der Waals surface area contributed by atoms with Crippen LogP contribution in [-0.2, 0) is 20.3 Å². The maximum atomic E-state index is 12.4. The third-order valence-electron chi connectivity index (χ3n) is 3.43. The van der Waals surface area contributed by atoms with Crippen molar-refractivity contribution in [2.75, 3.05) is 12.4 Å². The minimum absolute atomic E-state index is 0.207. The number of carbonyl (C=O) groups excluding carboxylic acids is 1. The van der Waals surface area contributed by atoms with Crippen molar-refractivity contribution < 1.29 is 24.0 Å². The summed E-state index contributed by atoms with van der Waals surface area (Å²) < 4.78 is 16.8. The summed E-state index contributed by atoms with van der Waals surface area (Å²) in [6.45, 7) is 5.06. The van der Waals surface area contributed by atoms with Crippen LogP contribution in [0.3, 0.4) is 0 Å². The molecular formula is C11H16O5S3. The van der Waals surface area contributed by atoms with Gasteiger partial charge in [0.15, 0.2) is 5.60 Å². The second-order valence-electron chi connectivity index (χ2n) is 4.57. The lowest BCUT2D eigenvalue weighted by atomic mass is 9.83. The Kier molecular flexibility index (Phi) is 4.67. The van der Waals surface area contributed by atoms with Crippen LogP contribution >= 0.6 is 21.6 Å². The van der Waals surface area contributed by atoms with Gasteiger partial charge in [0.05, 0.1) is 4.58 Å². The highest BCUT2D eigenvalue weighted by molar-refractivity contribution is 8.78. The molecule has 0 radical (unpaired) electrons. The number of cyclic esters (lactones) is 1. The first-order chi connectivity index (χ1) is 8.94. The first kappa shape index (κ1) is 15.4. The Bertz CT molecular complexity index is 415. The molecular weight excluding hydrogens is 308 g/mol. The quantitative estimate of drug-likeness (QED) is 0.333. The van der Waals surface area contributed by atoms with Crippen molar-refractivity contribution in [1.82, 2.24) is 0 Å². The van der Waals surface area contributed by atoms with E-state index < -0.39 is 44.2 Å². The highest BCUT2D eigenvalue weighted by atomic mass is 33.1. The minimum atomic E-state index is -1.85. The molecule has 2 saturated heterocycles. The lowest BCUT2D eigenvalue weighted by Crippen LogP contribution is -2.61. The summed E-state index contributed by atoms with van der Waals surface area (Å²) in [6, 6.07) is 0. The van der Waals surface area contributed by atoms with Gasteiger partial charge in [0.25, 0.3) is 0 Å². The molecule has 2 N–H and O–H groups in total.